The molecule has 0 bridgehead atoms. The number of hydrogen-bond acceptors (Lipinski definition) is 4. The molecule has 0 N–H and O–H groups in total. The fraction of sp³-hybridized carbons (Fsp3) is 0.167. The molecular weight excluding hydrogens is 214 g/mol. The van der Waals surface area contributed by atoms with Crippen LogP contribution in [-0.2, 0) is 0 Å². The van der Waals surface area contributed by atoms with Crippen molar-refractivity contribution in [1.29, 1.82) is 0 Å². The Balaban J connectivity index is 2.29. The molecule has 86 valence electrons. The van der Waals surface area contributed by atoms with Gasteiger partial charge in [0.2, 0.25) is 0 Å². The van der Waals surface area contributed by atoms with Crippen LogP contribution in [0.5, 0.6) is 0 Å². The first-order valence-corrected chi connectivity index (χ1v) is 5.19. The van der Waals surface area contributed by atoms with Gasteiger partial charge in [0.1, 0.15) is 0 Å². The molecule has 0 aliphatic carbocycles. The molecule has 0 saturated carbocycles. The van der Waals surface area contributed by atoms with Gasteiger partial charge in [0.15, 0.2) is 5.82 Å². The van der Waals surface area contributed by atoms with E-state index in [0.717, 1.165) is 11.3 Å². The fourth-order valence-corrected chi connectivity index (χ4v) is 1.25. The summed E-state index contributed by atoms with van der Waals surface area (Å²) in [5.74, 6) is 0.591. The second-order valence-corrected chi connectivity index (χ2v) is 3.71. The summed E-state index contributed by atoms with van der Waals surface area (Å²) in [7, 11) is 3.81. The van der Waals surface area contributed by atoms with E-state index in [0.29, 0.717) is 5.82 Å². The highest BCUT2D eigenvalue weighted by molar-refractivity contribution is 5.62. The van der Waals surface area contributed by atoms with Crippen LogP contribution in [0.15, 0.2) is 41.9 Å². The molecule has 0 spiro atoms. The maximum atomic E-state index is 4.40. The lowest BCUT2D eigenvalue weighted by molar-refractivity contribution is 0.643. The van der Waals surface area contributed by atoms with Crippen LogP contribution in [-0.4, -0.2) is 40.3 Å². The van der Waals surface area contributed by atoms with E-state index in [9.17, 15) is 0 Å². The largest absolute Gasteiger partial charge is 0.369 e. The van der Waals surface area contributed by atoms with Gasteiger partial charge in [-0.2, -0.15) is 0 Å². The summed E-state index contributed by atoms with van der Waals surface area (Å²) in [4.78, 5) is 18.5. The number of pyridine rings is 1. The van der Waals surface area contributed by atoms with Crippen LogP contribution < -0.4 is 0 Å². The molecular formula is C12H13N5. The van der Waals surface area contributed by atoms with Crippen molar-refractivity contribution in [3.05, 3.63) is 36.9 Å². The van der Waals surface area contributed by atoms with E-state index in [1.165, 1.54) is 0 Å². The first-order valence-electron chi connectivity index (χ1n) is 5.19. The van der Waals surface area contributed by atoms with Crippen molar-refractivity contribution in [2.24, 2.45) is 4.99 Å². The molecule has 0 aliphatic rings. The van der Waals surface area contributed by atoms with E-state index in [1.54, 1.807) is 31.1 Å². The van der Waals surface area contributed by atoms with Crippen molar-refractivity contribution in [3.63, 3.8) is 0 Å². The highest BCUT2D eigenvalue weighted by Gasteiger charge is 2.00. The smallest absolute Gasteiger partial charge is 0.172 e. The normalized spacial score (nSPS) is 10.7. The number of hydrogen-bond donors (Lipinski definition) is 0. The van der Waals surface area contributed by atoms with Gasteiger partial charge in [-0.25, -0.2) is 9.98 Å². The van der Waals surface area contributed by atoms with Gasteiger partial charge < -0.3 is 4.90 Å². The minimum atomic E-state index is 0.591. The Kier molecular flexibility index (Phi) is 3.40. The van der Waals surface area contributed by atoms with Gasteiger partial charge in [-0.3, -0.25) is 9.97 Å². The van der Waals surface area contributed by atoms with Crippen molar-refractivity contribution in [2.75, 3.05) is 14.1 Å². The van der Waals surface area contributed by atoms with Crippen LogP contribution in [0, 0.1) is 0 Å². The second kappa shape index (κ2) is 5.16. The number of aliphatic imine (C=N–C) groups is 1. The highest BCUT2D eigenvalue weighted by Crippen LogP contribution is 2.17. The topological polar surface area (TPSA) is 54.3 Å². The van der Waals surface area contributed by atoms with Crippen LogP contribution >= 0.6 is 0 Å². The van der Waals surface area contributed by atoms with E-state index < -0.39 is 0 Å². The average molecular weight is 227 g/mol. The first kappa shape index (κ1) is 11.2. The molecule has 0 aliphatic heterocycles. The van der Waals surface area contributed by atoms with Crippen molar-refractivity contribution in [1.82, 2.24) is 19.9 Å². The maximum absolute atomic E-state index is 4.40. The molecule has 0 saturated heterocycles. The summed E-state index contributed by atoms with van der Waals surface area (Å²) in [6.07, 6.45) is 8.49. The van der Waals surface area contributed by atoms with E-state index in [-0.39, 0.29) is 0 Å². The average Bonchev–Trinajstić information content (AvgIpc) is 2.38. The predicted molar refractivity (Wildman–Crippen MR) is 67.1 cm³/mol. The molecule has 2 heterocycles. The standard InChI is InChI=1S/C12H13N5/c1-17(2)9-15-12-8-14-7-11(16-12)10-3-5-13-6-4-10/h3-9H,1-2H3. The van der Waals surface area contributed by atoms with Gasteiger partial charge in [0.05, 0.1) is 24.4 Å². The van der Waals surface area contributed by atoms with Crippen LogP contribution in [0.3, 0.4) is 0 Å². The van der Waals surface area contributed by atoms with Crippen molar-refractivity contribution in [3.8, 4) is 11.3 Å². The zero-order valence-corrected chi connectivity index (χ0v) is 9.78. The van der Waals surface area contributed by atoms with Crippen LogP contribution in [0.25, 0.3) is 11.3 Å². The van der Waals surface area contributed by atoms with Gasteiger partial charge in [-0.15, -0.1) is 0 Å². The molecule has 0 radical (unpaired) electrons. The van der Waals surface area contributed by atoms with Crippen LogP contribution in [0.1, 0.15) is 0 Å². The lowest BCUT2D eigenvalue weighted by Gasteiger charge is -2.03. The number of aromatic nitrogens is 3. The van der Waals surface area contributed by atoms with Gasteiger partial charge >= 0.3 is 0 Å². The van der Waals surface area contributed by atoms with Gasteiger partial charge in [-0.05, 0) is 12.1 Å². The molecule has 0 amide bonds. The van der Waals surface area contributed by atoms with E-state index in [1.807, 2.05) is 31.1 Å². The zero-order chi connectivity index (χ0) is 12.1. The Morgan fingerprint density at radius 1 is 1.12 bits per heavy atom. The Morgan fingerprint density at radius 2 is 1.88 bits per heavy atom. The van der Waals surface area contributed by atoms with Gasteiger partial charge in [0.25, 0.3) is 0 Å². The quantitative estimate of drug-likeness (QED) is 0.592. The lowest BCUT2D eigenvalue weighted by atomic mass is 10.2. The predicted octanol–water partition coefficient (Wildman–Crippen LogP) is 1.76. The van der Waals surface area contributed by atoms with Crippen molar-refractivity contribution >= 4 is 12.2 Å². The molecule has 2 rings (SSSR count). The highest BCUT2D eigenvalue weighted by atomic mass is 15.1. The molecule has 0 unspecified atom stereocenters. The van der Waals surface area contributed by atoms with Crippen molar-refractivity contribution in [2.45, 2.75) is 0 Å². The molecule has 5 nitrogen and oxygen atoms in total. The van der Waals surface area contributed by atoms with Crippen LogP contribution in [0.2, 0.25) is 0 Å². The third kappa shape index (κ3) is 3.07. The van der Waals surface area contributed by atoms with E-state index in [2.05, 4.69) is 19.9 Å². The summed E-state index contributed by atoms with van der Waals surface area (Å²) >= 11 is 0. The SMILES string of the molecule is CN(C)C=Nc1cncc(-c2ccncc2)n1. The molecule has 0 aromatic carbocycles. The molecule has 2 aromatic rings. The Hall–Kier alpha value is -2.30. The monoisotopic (exact) mass is 227 g/mol. The third-order valence-corrected chi connectivity index (χ3v) is 2.02. The maximum Gasteiger partial charge on any atom is 0.172 e. The summed E-state index contributed by atoms with van der Waals surface area (Å²) < 4.78 is 0. The molecule has 5 heteroatoms. The van der Waals surface area contributed by atoms with Crippen LogP contribution in [0.4, 0.5) is 5.82 Å². The second-order valence-electron chi connectivity index (χ2n) is 3.71. The Bertz CT molecular complexity index is 507. The van der Waals surface area contributed by atoms with E-state index >= 15 is 0 Å². The minimum Gasteiger partial charge on any atom is -0.369 e. The third-order valence-electron chi connectivity index (χ3n) is 2.02. The number of nitrogens with zero attached hydrogens (tertiary/aromatic N) is 5. The summed E-state index contributed by atoms with van der Waals surface area (Å²) in [6.45, 7) is 0. The summed E-state index contributed by atoms with van der Waals surface area (Å²) in [5, 5.41) is 0. The van der Waals surface area contributed by atoms with Gasteiger partial charge in [0, 0.05) is 32.1 Å². The molecule has 17 heavy (non-hydrogen) atoms. The Morgan fingerprint density at radius 3 is 2.59 bits per heavy atom. The van der Waals surface area contributed by atoms with E-state index in [4.69, 9.17) is 0 Å². The summed E-state index contributed by atoms with van der Waals surface area (Å²) in [5.41, 5.74) is 1.77. The fourth-order valence-electron chi connectivity index (χ4n) is 1.25. The minimum absolute atomic E-state index is 0.591. The Labute approximate surface area is 99.9 Å². The molecule has 0 fully saturated rings. The van der Waals surface area contributed by atoms with Crippen molar-refractivity contribution < 1.29 is 0 Å². The lowest BCUT2D eigenvalue weighted by Crippen LogP contribution is -2.07. The summed E-state index contributed by atoms with van der Waals surface area (Å²) in [6, 6.07) is 3.78. The zero-order valence-electron chi connectivity index (χ0n) is 9.78. The molecule has 2 aromatic heterocycles. The number of rotatable bonds is 3. The first-order chi connectivity index (χ1) is 8.25. The molecule has 0 atom stereocenters. The van der Waals surface area contributed by atoms with Gasteiger partial charge in [-0.1, -0.05) is 0 Å².